The summed E-state index contributed by atoms with van der Waals surface area (Å²) in [7, 11) is 1.88. The minimum absolute atomic E-state index is 0.0203. The molecule has 0 spiro atoms. The number of benzene rings is 2. The molecule has 0 atom stereocenters. The van der Waals surface area contributed by atoms with Crippen LogP contribution >= 0.6 is 22.9 Å². The number of hydrogen-bond donors (Lipinski definition) is 2. The minimum Gasteiger partial charge on any atom is -0.345 e. The summed E-state index contributed by atoms with van der Waals surface area (Å²) in [6.07, 6.45) is 0.643. The lowest BCUT2D eigenvalue weighted by Crippen LogP contribution is -2.24. The highest BCUT2D eigenvalue weighted by Gasteiger charge is 2.13. The number of carbonyl (C=O) groups is 2. The molecule has 2 aromatic heterocycles. The van der Waals surface area contributed by atoms with E-state index in [1.807, 2.05) is 29.8 Å². The fourth-order valence-corrected chi connectivity index (χ4v) is 3.87. The van der Waals surface area contributed by atoms with Crippen LogP contribution in [0.5, 0.6) is 0 Å². The van der Waals surface area contributed by atoms with Gasteiger partial charge in [0.05, 0.1) is 27.8 Å². The maximum Gasteiger partial charge on any atom is 0.251 e. The summed E-state index contributed by atoms with van der Waals surface area (Å²) in [4.78, 5) is 31.5. The first-order chi connectivity index (χ1) is 13.0. The second kappa shape index (κ2) is 6.98. The van der Waals surface area contributed by atoms with Crippen molar-refractivity contribution in [3.63, 3.8) is 0 Å². The van der Waals surface area contributed by atoms with E-state index in [4.69, 9.17) is 11.6 Å². The maximum absolute atomic E-state index is 12.0. The molecule has 136 valence electrons. The lowest BCUT2D eigenvalue weighted by molar-refractivity contribution is -0.107. The number of aromatic nitrogens is 3. The van der Waals surface area contributed by atoms with Gasteiger partial charge in [-0.05, 0) is 36.4 Å². The zero-order chi connectivity index (χ0) is 19.0. The Labute approximate surface area is 163 Å². The third-order valence-electron chi connectivity index (χ3n) is 4.06. The van der Waals surface area contributed by atoms with Gasteiger partial charge in [0.1, 0.15) is 6.29 Å². The van der Waals surface area contributed by atoms with Crippen molar-refractivity contribution in [2.75, 3.05) is 11.9 Å². The Kier molecular flexibility index (Phi) is 4.51. The Morgan fingerprint density at radius 1 is 1.22 bits per heavy atom. The van der Waals surface area contributed by atoms with Gasteiger partial charge in [-0.25, -0.2) is 9.97 Å². The average Bonchev–Trinajstić information content (AvgIpc) is 3.19. The third kappa shape index (κ3) is 3.36. The topological polar surface area (TPSA) is 88.9 Å². The minimum atomic E-state index is -0.313. The van der Waals surface area contributed by atoms with Crippen molar-refractivity contribution in [2.24, 2.45) is 7.05 Å². The van der Waals surface area contributed by atoms with Crippen molar-refractivity contribution in [3.8, 4) is 0 Å². The number of aldehydes is 1. The van der Waals surface area contributed by atoms with E-state index >= 15 is 0 Å². The summed E-state index contributed by atoms with van der Waals surface area (Å²) in [5, 5.41) is 7.11. The van der Waals surface area contributed by atoms with Gasteiger partial charge in [-0.3, -0.25) is 4.79 Å². The van der Waals surface area contributed by atoms with E-state index in [-0.39, 0.29) is 12.5 Å². The Hall–Kier alpha value is -2.97. The molecule has 0 aliphatic rings. The smallest absolute Gasteiger partial charge is 0.251 e. The lowest BCUT2D eigenvalue weighted by Gasteiger charge is -2.03. The molecule has 0 fully saturated rings. The monoisotopic (exact) mass is 399 g/mol. The number of aryl methyl sites for hydroxylation is 1. The fourth-order valence-electron chi connectivity index (χ4n) is 2.74. The number of carbonyl (C=O) groups excluding carboxylic acids is 2. The highest BCUT2D eigenvalue weighted by atomic mass is 35.5. The van der Waals surface area contributed by atoms with Crippen molar-refractivity contribution >= 4 is 67.5 Å². The van der Waals surface area contributed by atoms with E-state index in [2.05, 4.69) is 20.6 Å². The molecule has 7 nitrogen and oxygen atoms in total. The fraction of sp³-hybridized carbons (Fsp3) is 0.111. The van der Waals surface area contributed by atoms with Gasteiger partial charge in [0.15, 0.2) is 5.13 Å². The van der Waals surface area contributed by atoms with Crippen LogP contribution in [0.1, 0.15) is 10.4 Å². The van der Waals surface area contributed by atoms with E-state index in [0.29, 0.717) is 33.5 Å². The largest absolute Gasteiger partial charge is 0.345 e. The normalized spacial score (nSPS) is 11.0. The summed E-state index contributed by atoms with van der Waals surface area (Å²) in [6.45, 7) is -0.0203. The van der Waals surface area contributed by atoms with Gasteiger partial charge in [0.25, 0.3) is 5.91 Å². The zero-order valence-corrected chi connectivity index (χ0v) is 15.8. The maximum atomic E-state index is 12.0. The van der Waals surface area contributed by atoms with Crippen LogP contribution in [0.15, 0.2) is 36.4 Å². The van der Waals surface area contributed by atoms with Crippen LogP contribution in [-0.4, -0.2) is 33.3 Å². The molecule has 27 heavy (non-hydrogen) atoms. The number of halogens is 1. The highest BCUT2D eigenvalue weighted by Crippen LogP contribution is 2.30. The van der Waals surface area contributed by atoms with Crippen LogP contribution in [0.4, 0.5) is 11.1 Å². The molecule has 0 aliphatic heterocycles. The van der Waals surface area contributed by atoms with Gasteiger partial charge in [0.2, 0.25) is 5.95 Å². The molecule has 4 rings (SSSR count). The number of nitrogens with one attached hydrogen (secondary N) is 2. The van der Waals surface area contributed by atoms with E-state index < -0.39 is 0 Å². The number of anilines is 2. The molecule has 0 radical (unpaired) electrons. The molecule has 2 heterocycles. The first-order valence-electron chi connectivity index (χ1n) is 8.06. The molecule has 0 unspecified atom stereocenters. The SMILES string of the molecule is Cn1c(Nc2nc3ccc(Cl)cc3s2)nc2cc(C(=O)NCC=O)ccc21. The van der Waals surface area contributed by atoms with E-state index in [1.165, 1.54) is 11.3 Å². The van der Waals surface area contributed by atoms with Gasteiger partial charge in [-0.15, -0.1) is 0 Å². The molecule has 2 aromatic carbocycles. The van der Waals surface area contributed by atoms with Crippen molar-refractivity contribution in [3.05, 3.63) is 47.0 Å². The number of rotatable bonds is 5. The average molecular weight is 400 g/mol. The highest BCUT2D eigenvalue weighted by molar-refractivity contribution is 7.22. The Bertz CT molecular complexity index is 1180. The molecular weight excluding hydrogens is 386 g/mol. The van der Waals surface area contributed by atoms with Crippen LogP contribution < -0.4 is 10.6 Å². The van der Waals surface area contributed by atoms with Gasteiger partial charge in [0, 0.05) is 17.6 Å². The Morgan fingerprint density at radius 2 is 2.07 bits per heavy atom. The quantitative estimate of drug-likeness (QED) is 0.501. The van der Waals surface area contributed by atoms with Crippen molar-refractivity contribution in [1.82, 2.24) is 19.9 Å². The summed E-state index contributed by atoms with van der Waals surface area (Å²) in [5.74, 6) is 0.299. The van der Waals surface area contributed by atoms with Crippen molar-refractivity contribution in [2.45, 2.75) is 0 Å². The van der Waals surface area contributed by atoms with E-state index in [1.54, 1.807) is 18.2 Å². The van der Waals surface area contributed by atoms with E-state index in [0.717, 1.165) is 15.7 Å². The molecule has 2 N–H and O–H groups in total. The molecule has 9 heteroatoms. The Morgan fingerprint density at radius 3 is 2.89 bits per heavy atom. The molecule has 0 saturated heterocycles. The number of hydrogen-bond acceptors (Lipinski definition) is 6. The second-order valence-corrected chi connectivity index (χ2v) is 7.30. The van der Waals surface area contributed by atoms with E-state index in [9.17, 15) is 9.59 Å². The molecular formula is C18H14ClN5O2S. The van der Waals surface area contributed by atoms with Crippen LogP contribution in [0.25, 0.3) is 21.3 Å². The molecule has 0 aliphatic carbocycles. The number of fused-ring (bicyclic) bond motifs is 2. The van der Waals surface area contributed by atoms with Crippen molar-refractivity contribution < 1.29 is 9.59 Å². The van der Waals surface area contributed by atoms with Crippen molar-refractivity contribution in [1.29, 1.82) is 0 Å². The zero-order valence-electron chi connectivity index (χ0n) is 14.2. The molecule has 0 saturated carbocycles. The summed E-state index contributed by atoms with van der Waals surface area (Å²) in [6, 6.07) is 10.8. The lowest BCUT2D eigenvalue weighted by atomic mass is 10.2. The van der Waals surface area contributed by atoms with Gasteiger partial charge in [-0.2, -0.15) is 0 Å². The number of thiazole rings is 1. The first kappa shape index (κ1) is 17.4. The van der Waals surface area contributed by atoms with Crippen LogP contribution in [0, 0.1) is 0 Å². The standard InChI is InChI=1S/C18H14ClN5O2S/c1-24-14-5-2-10(16(26)20-6-7-25)8-13(14)21-17(24)23-18-22-12-4-3-11(19)9-15(12)27-18/h2-5,7-9H,6H2,1H3,(H,20,26)(H,21,22,23). The Balaban J connectivity index is 1.65. The number of nitrogens with zero attached hydrogens (tertiary/aromatic N) is 3. The summed E-state index contributed by atoms with van der Waals surface area (Å²) < 4.78 is 2.87. The molecule has 1 amide bonds. The number of imidazole rings is 1. The predicted octanol–water partition coefficient (Wildman–Crippen LogP) is 3.51. The van der Waals surface area contributed by atoms with Gasteiger partial charge < -0.3 is 20.0 Å². The van der Waals surface area contributed by atoms with Crippen LogP contribution in [-0.2, 0) is 11.8 Å². The van der Waals surface area contributed by atoms with Crippen LogP contribution in [0.3, 0.4) is 0 Å². The van der Waals surface area contributed by atoms with Crippen LogP contribution in [0.2, 0.25) is 5.02 Å². The van der Waals surface area contributed by atoms with Gasteiger partial charge in [-0.1, -0.05) is 22.9 Å². The summed E-state index contributed by atoms with van der Waals surface area (Å²) >= 11 is 7.51. The molecule has 4 aromatic rings. The predicted molar refractivity (Wildman–Crippen MR) is 107 cm³/mol. The molecule has 0 bridgehead atoms. The second-order valence-electron chi connectivity index (χ2n) is 5.83. The van der Waals surface area contributed by atoms with Gasteiger partial charge >= 0.3 is 0 Å². The first-order valence-corrected chi connectivity index (χ1v) is 9.26. The summed E-state index contributed by atoms with van der Waals surface area (Å²) in [5.41, 5.74) is 2.85. The third-order valence-corrected chi connectivity index (χ3v) is 5.23. The number of amides is 1.